The predicted octanol–water partition coefficient (Wildman–Crippen LogP) is 3.27. The van der Waals surface area contributed by atoms with E-state index >= 15 is 0 Å². The molecule has 1 aromatic heterocycles. The summed E-state index contributed by atoms with van der Waals surface area (Å²) in [5, 5.41) is 4.66. The van der Waals surface area contributed by atoms with Gasteiger partial charge < -0.3 is 4.52 Å². The molecule has 1 heterocycles. The van der Waals surface area contributed by atoms with Gasteiger partial charge in [0.1, 0.15) is 0 Å². The van der Waals surface area contributed by atoms with E-state index < -0.39 is 0 Å². The Morgan fingerprint density at radius 3 is 2.60 bits per heavy atom. The first-order valence-corrected chi connectivity index (χ1v) is 5.30. The van der Waals surface area contributed by atoms with Gasteiger partial charge in [0.25, 0.3) is 0 Å². The van der Waals surface area contributed by atoms with Gasteiger partial charge in [0.15, 0.2) is 0 Å². The Bertz CT molecular complexity index is 474. The van der Waals surface area contributed by atoms with Crippen molar-refractivity contribution in [2.24, 2.45) is 0 Å². The zero-order chi connectivity index (χ0) is 10.3. The van der Waals surface area contributed by atoms with E-state index in [-0.39, 0.29) is 0 Å². The third kappa shape index (κ3) is 1.75. The Kier molecular flexibility index (Phi) is 1.99. The van der Waals surface area contributed by atoms with Crippen molar-refractivity contribution in [2.45, 2.75) is 18.8 Å². The van der Waals surface area contributed by atoms with Crippen LogP contribution < -0.4 is 0 Å². The van der Waals surface area contributed by atoms with Crippen LogP contribution in [-0.2, 0) is 0 Å². The van der Waals surface area contributed by atoms with Gasteiger partial charge in [-0.2, -0.15) is 4.98 Å². The van der Waals surface area contributed by atoms with E-state index in [9.17, 15) is 0 Å². The van der Waals surface area contributed by atoms with E-state index in [1.807, 2.05) is 24.3 Å². The molecule has 1 aromatic carbocycles. The van der Waals surface area contributed by atoms with Crippen LogP contribution in [-0.4, -0.2) is 10.1 Å². The van der Waals surface area contributed by atoms with E-state index in [0.717, 1.165) is 11.5 Å². The highest BCUT2D eigenvalue weighted by molar-refractivity contribution is 6.30. The van der Waals surface area contributed by atoms with Gasteiger partial charge in [-0.15, -0.1) is 0 Å². The summed E-state index contributed by atoms with van der Waals surface area (Å²) in [6.07, 6.45) is 2.34. The van der Waals surface area contributed by atoms with Gasteiger partial charge in [0.05, 0.1) is 0 Å². The number of hydrogen-bond donors (Lipinski definition) is 0. The Balaban J connectivity index is 1.93. The lowest BCUT2D eigenvalue weighted by Gasteiger charge is -1.92. The monoisotopic (exact) mass is 220 g/mol. The summed E-state index contributed by atoms with van der Waals surface area (Å²) in [4.78, 5) is 4.35. The largest absolute Gasteiger partial charge is 0.339 e. The lowest BCUT2D eigenvalue weighted by atomic mass is 10.2. The molecule has 1 aliphatic carbocycles. The zero-order valence-electron chi connectivity index (χ0n) is 7.98. The number of hydrogen-bond acceptors (Lipinski definition) is 3. The van der Waals surface area contributed by atoms with E-state index in [0.29, 0.717) is 16.8 Å². The average Bonchev–Trinajstić information content (AvgIpc) is 2.99. The van der Waals surface area contributed by atoms with Crippen molar-refractivity contribution < 1.29 is 4.52 Å². The molecule has 15 heavy (non-hydrogen) atoms. The second-order valence-electron chi connectivity index (χ2n) is 3.74. The molecule has 76 valence electrons. The maximum absolute atomic E-state index is 5.80. The fraction of sp³-hybridized carbons (Fsp3) is 0.273. The molecule has 4 heteroatoms. The van der Waals surface area contributed by atoms with E-state index in [1.165, 1.54) is 12.8 Å². The molecule has 1 saturated carbocycles. The summed E-state index contributed by atoms with van der Waals surface area (Å²) in [7, 11) is 0. The molecule has 0 spiro atoms. The number of halogens is 1. The van der Waals surface area contributed by atoms with Crippen molar-refractivity contribution in [3.05, 3.63) is 35.2 Å². The van der Waals surface area contributed by atoms with Gasteiger partial charge in [0.2, 0.25) is 11.7 Å². The predicted molar refractivity (Wildman–Crippen MR) is 56.7 cm³/mol. The highest BCUT2D eigenvalue weighted by Crippen LogP contribution is 2.39. The fourth-order valence-corrected chi connectivity index (χ4v) is 1.57. The Labute approximate surface area is 92.1 Å². The fourth-order valence-electron chi connectivity index (χ4n) is 1.45. The molecule has 0 N–H and O–H groups in total. The highest BCUT2D eigenvalue weighted by Gasteiger charge is 2.29. The normalized spacial score (nSPS) is 15.5. The Morgan fingerprint density at radius 1 is 1.20 bits per heavy atom. The summed E-state index contributed by atoms with van der Waals surface area (Å²) in [5.74, 6) is 1.91. The lowest BCUT2D eigenvalue weighted by Crippen LogP contribution is -1.81. The van der Waals surface area contributed by atoms with Crippen LogP contribution >= 0.6 is 11.6 Å². The van der Waals surface area contributed by atoms with Gasteiger partial charge in [-0.3, -0.25) is 0 Å². The minimum atomic E-state index is 0.499. The molecular formula is C11H9ClN2O. The van der Waals surface area contributed by atoms with E-state index in [2.05, 4.69) is 10.1 Å². The van der Waals surface area contributed by atoms with Crippen LogP contribution in [0, 0.1) is 0 Å². The van der Waals surface area contributed by atoms with Gasteiger partial charge in [-0.25, -0.2) is 0 Å². The number of rotatable bonds is 2. The molecule has 0 atom stereocenters. The standard InChI is InChI=1S/C11H9ClN2O/c12-9-5-3-7(4-6-9)10-13-11(15-14-10)8-1-2-8/h3-6,8H,1-2H2. The molecule has 0 unspecified atom stereocenters. The quantitative estimate of drug-likeness (QED) is 0.780. The molecule has 0 radical (unpaired) electrons. The minimum Gasteiger partial charge on any atom is -0.339 e. The Hall–Kier alpha value is -1.35. The van der Waals surface area contributed by atoms with Crippen LogP contribution in [0.5, 0.6) is 0 Å². The van der Waals surface area contributed by atoms with Crippen molar-refractivity contribution in [1.82, 2.24) is 10.1 Å². The third-order valence-corrected chi connectivity index (χ3v) is 2.72. The average molecular weight is 221 g/mol. The summed E-state index contributed by atoms with van der Waals surface area (Å²) < 4.78 is 5.18. The van der Waals surface area contributed by atoms with Gasteiger partial charge >= 0.3 is 0 Å². The smallest absolute Gasteiger partial charge is 0.230 e. The first kappa shape index (κ1) is 8.92. The van der Waals surface area contributed by atoms with Crippen LogP contribution in [0.3, 0.4) is 0 Å². The maximum atomic E-state index is 5.80. The summed E-state index contributed by atoms with van der Waals surface area (Å²) in [6, 6.07) is 7.43. The number of benzene rings is 1. The molecule has 3 rings (SSSR count). The van der Waals surface area contributed by atoms with Crippen LogP contribution in [0.25, 0.3) is 11.4 Å². The Morgan fingerprint density at radius 2 is 1.93 bits per heavy atom. The van der Waals surface area contributed by atoms with Crippen molar-refractivity contribution in [2.75, 3.05) is 0 Å². The van der Waals surface area contributed by atoms with Crippen molar-refractivity contribution in [1.29, 1.82) is 0 Å². The van der Waals surface area contributed by atoms with Crippen molar-refractivity contribution in [3.63, 3.8) is 0 Å². The molecule has 1 aliphatic rings. The first-order valence-electron chi connectivity index (χ1n) is 4.92. The topological polar surface area (TPSA) is 38.9 Å². The first-order chi connectivity index (χ1) is 7.33. The van der Waals surface area contributed by atoms with Crippen LogP contribution in [0.4, 0.5) is 0 Å². The van der Waals surface area contributed by atoms with Crippen molar-refractivity contribution >= 4 is 11.6 Å². The molecular weight excluding hydrogens is 212 g/mol. The summed E-state index contributed by atoms with van der Waals surface area (Å²) in [6.45, 7) is 0. The number of aromatic nitrogens is 2. The van der Waals surface area contributed by atoms with Gasteiger partial charge in [-0.05, 0) is 37.1 Å². The molecule has 0 saturated heterocycles. The van der Waals surface area contributed by atoms with Crippen LogP contribution in [0.1, 0.15) is 24.7 Å². The minimum absolute atomic E-state index is 0.499. The maximum Gasteiger partial charge on any atom is 0.230 e. The highest BCUT2D eigenvalue weighted by atomic mass is 35.5. The molecule has 0 bridgehead atoms. The molecule has 3 nitrogen and oxygen atoms in total. The molecule has 0 aliphatic heterocycles. The molecule has 2 aromatic rings. The van der Waals surface area contributed by atoms with Crippen LogP contribution in [0.15, 0.2) is 28.8 Å². The van der Waals surface area contributed by atoms with Crippen LogP contribution in [0.2, 0.25) is 5.02 Å². The summed E-state index contributed by atoms with van der Waals surface area (Å²) in [5.41, 5.74) is 0.940. The van der Waals surface area contributed by atoms with E-state index in [4.69, 9.17) is 16.1 Å². The summed E-state index contributed by atoms with van der Waals surface area (Å²) >= 11 is 5.80. The van der Waals surface area contributed by atoms with Crippen molar-refractivity contribution in [3.8, 4) is 11.4 Å². The van der Waals surface area contributed by atoms with Gasteiger partial charge in [-0.1, -0.05) is 16.8 Å². The SMILES string of the molecule is Clc1ccc(-c2noc(C3CC3)n2)cc1. The number of nitrogens with zero attached hydrogens (tertiary/aromatic N) is 2. The molecule has 1 fully saturated rings. The van der Waals surface area contributed by atoms with E-state index in [1.54, 1.807) is 0 Å². The lowest BCUT2D eigenvalue weighted by molar-refractivity contribution is 0.380. The third-order valence-electron chi connectivity index (χ3n) is 2.47. The molecule has 0 amide bonds. The second-order valence-corrected chi connectivity index (χ2v) is 4.17. The zero-order valence-corrected chi connectivity index (χ0v) is 8.74. The second kappa shape index (κ2) is 3.35. The van der Waals surface area contributed by atoms with Gasteiger partial charge in [0, 0.05) is 16.5 Å².